The predicted octanol–water partition coefficient (Wildman–Crippen LogP) is 2.29. The minimum Gasteiger partial charge on any atom is -0.361 e. The maximum Gasteiger partial charge on any atom is 0.416 e. The van der Waals surface area contributed by atoms with Gasteiger partial charge < -0.3 is 15.3 Å². The van der Waals surface area contributed by atoms with Gasteiger partial charge in [0.1, 0.15) is 6.04 Å². The number of hydrogen-bond donors (Lipinski definition) is 3. The largest absolute Gasteiger partial charge is 0.416 e. The number of anilines is 1. The molecule has 8 nitrogen and oxygen atoms in total. The van der Waals surface area contributed by atoms with Gasteiger partial charge in [-0.2, -0.15) is 13.2 Å². The third-order valence-electron chi connectivity index (χ3n) is 6.00. The summed E-state index contributed by atoms with van der Waals surface area (Å²) in [4.78, 5) is 39.6. The highest BCUT2D eigenvalue weighted by atomic mass is 19.4. The number of benzene rings is 2. The second-order valence-corrected chi connectivity index (χ2v) is 8.35. The summed E-state index contributed by atoms with van der Waals surface area (Å²) in [5, 5.41) is 15.4. The van der Waals surface area contributed by atoms with Crippen molar-refractivity contribution in [2.45, 2.75) is 44.5 Å². The van der Waals surface area contributed by atoms with Crippen LogP contribution < -0.4 is 10.6 Å². The van der Waals surface area contributed by atoms with Crippen molar-refractivity contribution in [2.24, 2.45) is 0 Å². The number of hydrogen-bond acceptors (Lipinski definition) is 6. The Bertz CT molecular complexity index is 1140. The number of piperidine rings is 1. The number of imide groups is 1. The second-order valence-electron chi connectivity index (χ2n) is 8.35. The quantitative estimate of drug-likeness (QED) is 0.437. The first-order chi connectivity index (χ1) is 16.0. The lowest BCUT2D eigenvalue weighted by Crippen LogP contribution is -2.52. The van der Waals surface area contributed by atoms with E-state index in [-0.39, 0.29) is 43.4 Å². The van der Waals surface area contributed by atoms with Crippen LogP contribution in [-0.2, 0) is 28.9 Å². The van der Waals surface area contributed by atoms with Crippen molar-refractivity contribution in [2.75, 3.05) is 12.4 Å². The molecule has 3 N–H and O–H groups in total. The van der Waals surface area contributed by atoms with Crippen LogP contribution in [0.4, 0.5) is 18.9 Å². The molecule has 2 aliphatic rings. The molecule has 2 atom stereocenters. The summed E-state index contributed by atoms with van der Waals surface area (Å²) >= 11 is 0. The molecule has 0 aromatic heterocycles. The zero-order chi connectivity index (χ0) is 24.6. The molecule has 0 saturated carbocycles. The number of carbonyl (C=O) groups is 3. The summed E-state index contributed by atoms with van der Waals surface area (Å²) in [5.74, 6) is -1.18. The van der Waals surface area contributed by atoms with Gasteiger partial charge in [-0.15, -0.1) is 0 Å². The van der Waals surface area contributed by atoms with Crippen molar-refractivity contribution in [3.63, 3.8) is 0 Å². The van der Waals surface area contributed by atoms with Crippen molar-refractivity contribution >= 4 is 23.4 Å². The van der Waals surface area contributed by atoms with Crippen molar-refractivity contribution < 1.29 is 32.7 Å². The molecule has 4 rings (SSSR count). The van der Waals surface area contributed by atoms with E-state index < -0.39 is 30.0 Å². The van der Waals surface area contributed by atoms with E-state index in [1.807, 2.05) is 0 Å². The molecule has 0 radical (unpaired) electrons. The van der Waals surface area contributed by atoms with Crippen LogP contribution in [0.3, 0.4) is 0 Å². The molecule has 0 aliphatic carbocycles. The molecular formula is C23H23F3N4O4. The molecule has 2 aromatic rings. The molecule has 1 saturated heterocycles. The zero-order valence-corrected chi connectivity index (χ0v) is 18.2. The van der Waals surface area contributed by atoms with Gasteiger partial charge in [0.25, 0.3) is 5.91 Å². The van der Waals surface area contributed by atoms with Gasteiger partial charge in [-0.3, -0.25) is 24.6 Å². The van der Waals surface area contributed by atoms with Gasteiger partial charge in [0.2, 0.25) is 11.8 Å². The van der Waals surface area contributed by atoms with Gasteiger partial charge in [-0.25, -0.2) is 0 Å². The first kappa shape index (κ1) is 23.7. The number of carbonyl (C=O) groups excluding carboxylic acids is 3. The number of amides is 3. The Labute approximate surface area is 193 Å². The Morgan fingerprint density at radius 3 is 2.65 bits per heavy atom. The molecule has 3 amide bonds. The minimum absolute atomic E-state index is 0.103. The van der Waals surface area contributed by atoms with Crippen LogP contribution in [0.15, 0.2) is 42.5 Å². The van der Waals surface area contributed by atoms with E-state index in [0.717, 1.165) is 17.7 Å². The third-order valence-corrected chi connectivity index (χ3v) is 6.00. The molecule has 2 aliphatic heterocycles. The van der Waals surface area contributed by atoms with Crippen LogP contribution >= 0.6 is 0 Å². The number of nitrogens with one attached hydrogen (secondary N) is 2. The normalized spacial score (nSPS) is 19.3. The van der Waals surface area contributed by atoms with Gasteiger partial charge in [0, 0.05) is 30.8 Å². The average Bonchev–Trinajstić information content (AvgIpc) is 3.11. The SMILES string of the molecule is CN(Cc1cccc2c1CN(C1CCC(=O)NC1=O)C2=O)C(O)Nc1cccc(C(F)(F)F)c1. The molecule has 11 heteroatoms. The van der Waals surface area contributed by atoms with Crippen LogP contribution in [0, 0.1) is 0 Å². The first-order valence-electron chi connectivity index (χ1n) is 10.6. The molecule has 2 unspecified atom stereocenters. The Hall–Kier alpha value is -3.44. The van der Waals surface area contributed by atoms with Gasteiger partial charge >= 0.3 is 6.18 Å². The standard InChI is InChI=1S/C23H23F3N4O4/c1-29(22(34)27-15-6-3-5-14(10-15)23(24,25)26)11-13-4-2-7-16-17(13)12-30(21(16)33)18-8-9-19(31)28-20(18)32/h2-7,10,18,22,27,34H,8-9,11-12H2,1H3,(H,28,31,32). The summed E-state index contributed by atoms with van der Waals surface area (Å²) in [7, 11) is 1.58. The van der Waals surface area contributed by atoms with E-state index in [0.29, 0.717) is 11.1 Å². The maximum atomic E-state index is 12.9. The lowest BCUT2D eigenvalue weighted by atomic mass is 10.0. The summed E-state index contributed by atoms with van der Waals surface area (Å²) in [6.07, 6.45) is -5.40. The Morgan fingerprint density at radius 2 is 1.94 bits per heavy atom. The fraction of sp³-hybridized carbons (Fsp3) is 0.348. The highest BCUT2D eigenvalue weighted by Gasteiger charge is 2.40. The lowest BCUT2D eigenvalue weighted by molar-refractivity contribution is -0.138. The Morgan fingerprint density at radius 1 is 1.21 bits per heavy atom. The third kappa shape index (κ3) is 4.75. The lowest BCUT2D eigenvalue weighted by Gasteiger charge is -2.29. The summed E-state index contributed by atoms with van der Waals surface area (Å²) in [6, 6.07) is 8.92. The number of rotatable bonds is 6. The highest BCUT2D eigenvalue weighted by Crippen LogP contribution is 2.32. The van der Waals surface area contributed by atoms with E-state index in [2.05, 4.69) is 10.6 Å². The number of alkyl halides is 3. The fourth-order valence-electron chi connectivity index (χ4n) is 4.20. The fourth-order valence-corrected chi connectivity index (χ4v) is 4.20. The monoisotopic (exact) mass is 476 g/mol. The topological polar surface area (TPSA) is 102 Å². The van der Waals surface area contributed by atoms with Gasteiger partial charge in [-0.05, 0) is 48.9 Å². The predicted molar refractivity (Wildman–Crippen MR) is 115 cm³/mol. The zero-order valence-electron chi connectivity index (χ0n) is 18.2. The van der Waals surface area contributed by atoms with Crippen LogP contribution in [0.2, 0.25) is 0 Å². The molecule has 34 heavy (non-hydrogen) atoms. The van der Waals surface area contributed by atoms with Gasteiger partial charge in [-0.1, -0.05) is 18.2 Å². The van der Waals surface area contributed by atoms with Crippen LogP contribution in [0.1, 0.15) is 39.9 Å². The van der Waals surface area contributed by atoms with Gasteiger partial charge in [0.05, 0.1) is 5.56 Å². The molecule has 2 heterocycles. The van der Waals surface area contributed by atoms with Crippen LogP contribution in [0.25, 0.3) is 0 Å². The van der Waals surface area contributed by atoms with Crippen LogP contribution in [-0.4, -0.2) is 52.1 Å². The van der Waals surface area contributed by atoms with E-state index in [1.54, 1.807) is 25.2 Å². The van der Waals surface area contributed by atoms with Crippen molar-refractivity contribution in [1.82, 2.24) is 15.1 Å². The van der Waals surface area contributed by atoms with E-state index in [1.165, 1.54) is 21.9 Å². The molecule has 0 bridgehead atoms. The number of nitrogens with zero attached hydrogens (tertiary/aromatic N) is 2. The maximum absolute atomic E-state index is 12.9. The molecule has 180 valence electrons. The van der Waals surface area contributed by atoms with Crippen molar-refractivity contribution in [3.05, 3.63) is 64.7 Å². The van der Waals surface area contributed by atoms with E-state index >= 15 is 0 Å². The summed E-state index contributed by atoms with van der Waals surface area (Å²) in [6.45, 7) is 0.369. The minimum atomic E-state index is -4.50. The smallest absolute Gasteiger partial charge is 0.361 e. The highest BCUT2D eigenvalue weighted by molar-refractivity contribution is 6.05. The average molecular weight is 476 g/mol. The number of aliphatic hydroxyl groups is 1. The first-order valence-corrected chi connectivity index (χ1v) is 10.6. The summed E-state index contributed by atoms with van der Waals surface area (Å²) in [5.41, 5.74) is 1.14. The van der Waals surface area contributed by atoms with Gasteiger partial charge in [0.15, 0.2) is 6.35 Å². The van der Waals surface area contributed by atoms with Crippen LogP contribution in [0.5, 0.6) is 0 Å². The van der Waals surface area contributed by atoms with Crippen molar-refractivity contribution in [3.8, 4) is 0 Å². The summed E-state index contributed by atoms with van der Waals surface area (Å²) < 4.78 is 38.8. The van der Waals surface area contributed by atoms with Crippen molar-refractivity contribution in [1.29, 1.82) is 0 Å². The molecular weight excluding hydrogens is 453 g/mol. The number of halogens is 3. The Kier molecular flexibility index (Phi) is 6.32. The number of aliphatic hydroxyl groups excluding tert-OH is 1. The van der Waals surface area contributed by atoms with E-state index in [9.17, 15) is 32.7 Å². The number of fused-ring (bicyclic) bond motifs is 1. The Balaban J connectivity index is 1.47. The molecule has 0 spiro atoms. The van der Waals surface area contributed by atoms with E-state index in [4.69, 9.17) is 0 Å². The molecule has 1 fully saturated rings. The molecule has 2 aromatic carbocycles. The second kappa shape index (κ2) is 9.07.